The summed E-state index contributed by atoms with van der Waals surface area (Å²) in [6, 6.07) is 0. The number of hydrogen-bond acceptors (Lipinski definition) is 3. The fourth-order valence-electron chi connectivity index (χ4n) is 1.39. The predicted octanol–water partition coefficient (Wildman–Crippen LogP) is 1.41. The first kappa shape index (κ1) is 13.9. The second-order valence-electron chi connectivity index (χ2n) is 4.19. The van der Waals surface area contributed by atoms with Crippen LogP contribution >= 0.6 is 0 Å². The number of methoxy groups -OCH3 is 1. The molecule has 3 nitrogen and oxygen atoms in total. The molecule has 0 radical (unpaired) electrons. The molecule has 0 aromatic carbocycles. The van der Waals surface area contributed by atoms with Crippen LogP contribution in [0.25, 0.3) is 0 Å². The molecule has 3 heteroatoms. The van der Waals surface area contributed by atoms with Crippen molar-refractivity contribution < 1.29 is 9.84 Å². The number of nitrogens with one attached hydrogen (secondary N) is 1. The summed E-state index contributed by atoms with van der Waals surface area (Å²) in [5.74, 6) is 0.570. The number of hydrogen-bond donors (Lipinski definition) is 2. The fraction of sp³-hybridized carbons (Fsp3) is 1.00. The first-order valence-corrected chi connectivity index (χ1v) is 5.54. The van der Waals surface area contributed by atoms with Crippen molar-refractivity contribution in [3.8, 4) is 0 Å². The molecule has 0 bridgehead atoms. The average Bonchev–Trinajstić information content (AvgIpc) is 2.10. The molecule has 14 heavy (non-hydrogen) atoms. The molecular formula is C11H25NO2. The van der Waals surface area contributed by atoms with Crippen LogP contribution in [0.4, 0.5) is 0 Å². The van der Waals surface area contributed by atoms with E-state index in [-0.39, 0.29) is 6.10 Å². The lowest BCUT2D eigenvalue weighted by atomic mass is 10.1. The summed E-state index contributed by atoms with van der Waals surface area (Å²) in [6.45, 7) is 6.77. The molecule has 0 heterocycles. The Morgan fingerprint density at radius 3 is 2.57 bits per heavy atom. The standard InChI is InChI=1S/C11H25NO2/c1-10(2)8-11(13)9-12-6-4-5-7-14-3/h10-13H,4-9H2,1-3H3. The molecule has 0 aliphatic heterocycles. The van der Waals surface area contributed by atoms with Gasteiger partial charge >= 0.3 is 0 Å². The summed E-state index contributed by atoms with van der Waals surface area (Å²) >= 11 is 0. The van der Waals surface area contributed by atoms with Crippen LogP contribution in [-0.2, 0) is 4.74 Å². The van der Waals surface area contributed by atoms with Gasteiger partial charge < -0.3 is 15.2 Å². The molecule has 0 aliphatic rings. The van der Waals surface area contributed by atoms with E-state index in [4.69, 9.17) is 4.74 Å². The lowest BCUT2D eigenvalue weighted by molar-refractivity contribution is 0.145. The van der Waals surface area contributed by atoms with Crippen molar-refractivity contribution in [1.82, 2.24) is 5.32 Å². The Morgan fingerprint density at radius 2 is 2.00 bits per heavy atom. The zero-order chi connectivity index (χ0) is 10.8. The van der Waals surface area contributed by atoms with Crippen molar-refractivity contribution in [2.75, 3.05) is 26.8 Å². The van der Waals surface area contributed by atoms with Crippen molar-refractivity contribution in [2.24, 2.45) is 5.92 Å². The van der Waals surface area contributed by atoms with Crippen LogP contribution in [0, 0.1) is 5.92 Å². The van der Waals surface area contributed by atoms with Gasteiger partial charge in [-0.25, -0.2) is 0 Å². The number of aliphatic hydroxyl groups is 1. The van der Waals surface area contributed by atoms with Crippen LogP contribution in [0.3, 0.4) is 0 Å². The van der Waals surface area contributed by atoms with Gasteiger partial charge in [0.2, 0.25) is 0 Å². The van der Waals surface area contributed by atoms with Gasteiger partial charge in [-0.1, -0.05) is 13.8 Å². The molecule has 1 atom stereocenters. The maximum absolute atomic E-state index is 9.54. The zero-order valence-electron chi connectivity index (χ0n) is 9.75. The second-order valence-corrected chi connectivity index (χ2v) is 4.19. The Labute approximate surface area is 87.8 Å². The molecule has 0 spiro atoms. The van der Waals surface area contributed by atoms with E-state index in [1.54, 1.807) is 7.11 Å². The molecule has 0 aromatic heterocycles. The first-order chi connectivity index (χ1) is 6.66. The highest BCUT2D eigenvalue weighted by Gasteiger charge is 2.05. The Kier molecular flexibility index (Phi) is 9.35. The summed E-state index contributed by atoms with van der Waals surface area (Å²) < 4.78 is 4.94. The Hall–Kier alpha value is -0.120. The average molecular weight is 203 g/mol. The molecular weight excluding hydrogens is 178 g/mol. The monoisotopic (exact) mass is 203 g/mol. The van der Waals surface area contributed by atoms with E-state index in [2.05, 4.69) is 19.2 Å². The molecule has 0 aliphatic carbocycles. The molecule has 86 valence electrons. The third-order valence-electron chi connectivity index (χ3n) is 2.08. The van der Waals surface area contributed by atoms with E-state index >= 15 is 0 Å². The lowest BCUT2D eigenvalue weighted by Crippen LogP contribution is -2.28. The van der Waals surface area contributed by atoms with Crippen LogP contribution in [0.2, 0.25) is 0 Å². The van der Waals surface area contributed by atoms with Crippen LogP contribution in [-0.4, -0.2) is 38.0 Å². The summed E-state index contributed by atoms with van der Waals surface area (Å²) in [4.78, 5) is 0. The first-order valence-electron chi connectivity index (χ1n) is 5.54. The molecule has 2 N–H and O–H groups in total. The van der Waals surface area contributed by atoms with Gasteiger partial charge in [0.05, 0.1) is 6.10 Å². The minimum absolute atomic E-state index is 0.197. The van der Waals surface area contributed by atoms with Crippen LogP contribution in [0.1, 0.15) is 33.1 Å². The molecule has 0 aromatic rings. The van der Waals surface area contributed by atoms with Gasteiger partial charge in [0.1, 0.15) is 0 Å². The quantitative estimate of drug-likeness (QED) is 0.557. The third-order valence-corrected chi connectivity index (χ3v) is 2.08. The number of rotatable bonds is 9. The minimum Gasteiger partial charge on any atom is -0.392 e. The number of unbranched alkanes of at least 4 members (excludes halogenated alkanes) is 1. The maximum atomic E-state index is 9.54. The maximum Gasteiger partial charge on any atom is 0.0667 e. The largest absolute Gasteiger partial charge is 0.392 e. The van der Waals surface area contributed by atoms with Crippen LogP contribution in [0.15, 0.2) is 0 Å². The zero-order valence-corrected chi connectivity index (χ0v) is 9.75. The van der Waals surface area contributed by atoms with E-state index in [1.165, 1.54) is 0 Å². The normalized spacial score (nSPS) is 13.5. The number of ether oxygens (including phenoxy) is 1. The predicted molar refractivity (Wildman–Crippen MR) is 59.4 cm³/mol. The van der Waals surface area contributed by atoms with E-state index in [1.807, 2.05) is 0 Å². The summed E-state index contributed by atoms with van der Waals surface area (Å²) in [6.07, 6.45) is 2.88. The van der Waals surface area contributed by atoms with Crippen molar-refractivity contribution in [3.63, 3.8) is 0 Å². The van der Waals surface area contributed by atoms with Crippen LogP contribution in [0.5, 0.6) is 0 Å². The van der Waals surface area contributed by atoms with E-state index in [0.29, 0.717) is 12.5 Å². The van der Waals surface area contributed by atoms with Gasteiger partial charge in [0, 0.05) is 20.3 Å². The Balaban J connectivity index is 3.10. The van der Waals surface area contributed by atoms with Gasteiger partial charge in [-0.3, -0.25) is 0 Å². The molecule has 0 rings (SSSR count). The molecule has 0 saturated heterocycles. The highest BCUT2D eigenvalue weighted by atomic mass is 16.5. The Morgan fingerprint density at radius 1 is 1.29 bits per heavy atom. The van der Waals surface area contributed by atoms with Crippen molar-refractivity contribution in [2.45, 2.75) is 39.2 Å². The van der Waals surface area contributed by atoms with Crippen molar-refractivity contribution in [1.29, 1.82) is 0 Å². The third kappa shape index (κ3) is 9.96. The van der Waals surface area contributed by atoms with Crippen molar-refractivity contribution >= 4 is 0 Å². The van der Waals surface area contributed by atoms with Gasteiger partial charge in [0.15, 0.2) is 0 Å². The molecule has 0 fully saturated rings. The second kappa shape index (κ2) is 9.44. The molecule has 0 amide bonds. The smallest absolute Gasteiger partial charge is 0.0667 e. The van der Waals surface area contributed by atoms with E-state index < -0.39 is 0 Å². The minimum atomic E-state index is -0.197. The van der Waals surface area contributed by atoms with Crippen LogP contribution < -0.4 is 5.32 Å². The van der Waals surface area contributed by atoms with Gasteiger partial charge in [-0.05, 0) is 31.7 Å². The molecule has 1 unspecified atom stereocenters. The van der Waals surface area contributed by atoms with Gasteiger partial charge in [-0.15, -0.1) is 0 Å². The van der Waals surface area contributed by atoms with Gasteiger partial charge in [-0.2, -0.15) is 0 Å². The summed E-state index contributed by atoms with van der Waals surface area (Å²) in [5.41, 5.74) is 0. The molecule has 0 saturated carbocycles. The van der Waals surface area contributed by atoms with E-state index in [9.17, 15) is 5.11 Å². The Bertz CT molecular complexity index is 118. The van der Waals surface area contributed by atoms with E-state index in [0.717, 1.165) is 32.4 Å². The highest BCUT2D eigenvalue weighted by Crippen LogP contribution is 2.03. The summed E-state index contributed by atoms with van der Waals surface area (Å²) in [7, 11) is 1.72. The SMILES string of the molecule is COCCCCNCC(O)CC(C)C. The number of aliphatic hydroxyl groups excluding tert-OH is 1. The summed E-state index contributed by atoms with van der Waals surface area (Å²) in [5, 5.41) is 12.8. The fourth-order valence-corrected chi connectivity index (χ4v) is 1.39. The highest BCUT2D eigenvalue weighted by molar-refractivity contribution is 4.61. The lowest BCUT2D eigenvalue weighted by Gasteiger charge is -2.13. The topological polar surface area (TPSA) is 41.5 Å². The van der Waals surface area contributed by atoms with Gasteiger partial charge in [0.25, 0.3) is 0 Å². The van der Waals surface area contributed by atoms with Crippen molar-refractivity contribution in [3.05, 3.63) is 0 Å².